The number of hydrogen-bond donors (Lipinski definition) is 1. The second-order valence-corrected chi connectivity index (χ2v) is 9.60. The van der Waals surface area contributed by atoms with E-state index in [-0.39, 0.29) is 22.4 Å². The summed E-state index contributed by atoms with van der Waals surface area (Å²) >= 11 is 0. The lowest BCUT2D eigenvalue weighted by Gasteiger charge is -2.24. The average Bonchev–Trinajstić information content (AvgIpc) is 3.06. The Hall–Kier alpha value is -2.87. The van der Waals surface area contributed by atoms with Crippen molar-refractivity contribution in [3.8, 4) is 0 Å². The van der Waals surface area contributed by atoms with Gasteiger partial charge in [-0.05, 0) is 49.1 Å². The van der Waals surface area contributed by atoms with Gasteiger partial charge in [-0.2, -0.15) is 0 Å². The van der Waals surface area contributed by atoms with Crippen LogP contribution in [0.3, 0.4) is 0 Å². The van der Waals surface area contributed by atoms with Gasteiger partial charge in [-0.15, -0.1) is 0 Å². The molecule has 1 heterocycles. The van der Waals surface area contributed by atoms with E-state index in [2.05, 4.69) is 5.32 Å². The summed E-state index contributed by atoms with van der Waals surface area (Å²) in [7, 11) is -3.86. The molecule has 1 aliphatic rings. The number of nitrogens with zero attached hydrogens (tertiary/aromatic N) is 1. The summed E-state index contributed by atoms with van der Waals surface area (Å²) in [5.41, 5.74) is 1.70. The molecule has 2 aromatic carbocycles. The summed E-state index contributed by atoms with van der Waals surface area (Å²) in [4.78, 5) is 24.1. The Morgan fingerprint density at radius 2 is 1.90 bits per heavy atom. The Bertz CT molecular complexity index is 1050. The lowest BCUT2D eigenvalue weighted by molar-refractivity contribution is -0.124. The zero-order valence-corrected chi connectivity index (χ0v) is 18.1. The molecule has 3 rings (SSSR count). The number of carbonyl (C=O) groups excluding carboxylic acids is 2. The molecule has 160 valence electrons. The number of benzene rings is 2. The van der Waals surface area contributed by atoms with Crippen LogP contribution in [0.1, 0.15) is 36.7 Å². The van der Waals surface area contributed by atoms with Crippen LogP contribution in [-0.2, 0) is 26.0 Å². The zero-order valence-electron chi connectivity index (χ0n) is 17.3. The number of anilines is 1. The quantitative estimate of drug-likeness (QED) is 0.682. The minimum Gasteiger partial charge on any atom is -0.452 e. The number of carbonyl (C=O) groups is 2. The second kappa shape index (κ2) is 8.87. The molecule has 0 saturated carbocycles. The fraction of sp³-hybridized carbons (Fsp3) is 0.364. The normalized spacial score (nSPS) is 15.7. The number of sulfonamides is 1. The minimum absolute atomic E-state index is 0.00441. The number of fused-ring (bicyclic) bond motifs is 1. The molecule has 2 aromatic rings. The third kappa shape index (κ3) is 4.64. The highest BCUT2D eigenvalue weighted by atomic mass is 32.2. The molecule has 0 aromatic heterocycles. The number of amides is 1. The zero-order chi connectivity index (χ0) is 21.9. The number of rotatable bonds is 7. The van der Waals surface area contributed by atoms with Crippen LogP contribution >= 0.6 is 0 Å². The molecule has 0 unspecified atom stereocenters. The summed E-state index contributed by atoms with van der Waals surface area (Å²) in [6, 6.07) is 12.9. The van der Waals surface area contributed by atoms with Crippen molar-refractivity contribution in [1.82, 2.24) is 5.32 Å². The van der Waals surface area contributed by atoms with Crippen molar-refractivity contribution in [3.05, 3.63) is 59.7 Å². The van der Waals surface area contributed by atoms with Crippen molar-refractivity contribution in [2.75, 3.05) is 17.5 Å². The number of para-hydroxylation sites is 1. The molecular weight excluding hydrogens is 404 g/mol. The average molecular weight is 431 g/mol. The van der Waals surface area contributed by atoms with E-state index in [1.165, 1.54) is 28.6 Å². The lowest BCUT2D eigenvalue weighted by atomic mass is 10.1. The molecule has 0 bridgehead atoms. The fourth-order valence-corrected chi connectivity index (χ4v) is 5.12. The number of nitrogens with one attached hydrogen (secondary N) is 1. The molecule has 0 aliphatic carbocycles. The lowest BCUT2D eigenvalue weighted by Crippen LogP contribution is -2.35. The van der Waals surface area contributed by atoms with Gasteiger partial charge in [-0.3, -0.25) is 9.10 Å². The van der Waals surface area contributed by atoms with Gasteiger partial charge in [0.15, 0.2) is 6.61 Å². The first kappa shape index (κ1) is 21.8. The highest BCUT2D eigenvalue weighted by Gasteiger charge is 2.36. The second-order valence-electron chi connectivity index (χ2n) is 7.78. The highest BCUT2D eigenvalue weighted by molar-refractivity contribution is 7.92. The Labute approximate surface area is 177 Å². The summed E-state index contributed by atoms with van der Waals surface area (Å²) in [6.07, 6.45) is 0.628. The van der Waals surface area contributed by atoms with Gasteiger partial charge in [0.2, 0.25) is 0 Å². The molecule has 0 radical (unpaired) electrons. The monoisotopic (exact) mass is 430 g/mol. The maximum absolute atomic E-state index is 13.3. The third-order valence-corrected chi connectivity index (χ3v) is 6.74. The van der Waals surface area contributed by atoms with Crippen molar-refractivity contribution in [1.29, 1.82) is 0 Å². The smallest absolute Gasteiger partial charge is 0.338 e. The molecule has 1 aliphatic heterocycles. The van der Waals surface area contributed by atoms with Crippen LogP contribution < -0.4 is 9.62 Å². The van der Waals surface area contributed by atoms with E-state index in [1.54, 1.807) is 12.1 Å². The van der Waals surface area contributed by atoms with E-state index in [4.69, 9.17) is 4.74 Å². The van der Waals surface area contributed by atoms with Crippen LogP contribution in [0.15, 0.2) is 53.4 Å². The molecule has 30 heavy (non-hydrogen) atoms. The first-order valence-corrected chi connectivity index (χ1v) is 11.3. The van der Waals surface area contributed by atoms with Crippen LogP contribution in [-0.4, -0.2) is 39.5 Å². The van der Waals surface area contributed by atoms with Crippen LogP contribution in [0.25, 0.3) is 0 Å². The van der Waals surface area contributed by atoms with Gasteiger partial charge in [0.05, 0.1) is 16.1 Å². The third-order valence-electron chi connectivity index (χ3n) is 4.81. The Morgan fingerprint density at radius 1 is 1.17 bits per heavy atom. The first-order chi connectivity index (χ1) is 14.2. The Kier molecular flexibility index (Phi) is 6.45. The van der Waals surface area contributed by atoms with Gasteiger partial charge in [-0.1, -0.05) is 38.1 Å². The molecule has 0 spiro atoms. The molecule has 8 heteroatoms. The SMILES string of the molecule is CC(C)CNC(=O)COC(=O)c1cccc(S(=O)(=O)N2c3ccccc3C[C@H]2C)c1. The van der Waals surface area contributed by atoms with E-state index in [0.717, 1.165) is 5.56 Å². The summed E-state index contributed by atoms with van der Waals surface area (Å²) in [6.45, 7) is 5.83. The number of hydrogen-bond acceptors (Lipinski definition) is 5. The summed E-state index contributed by atoms with van der Waals surface area (Å²) in [5, 5.41) is 2.66. The summed E-state index contributed by atoms with van der Waals surface area (Å²) < 4.78 is 33.0. The van der Waals surface area contributed by atoms with Crippen molar-refractivity contribution < 1.29 is 22.7 Å². The van der Waals surface area contributed by atoms with Gasteiger partial charge in [0, 0.05) is 12.6 Å². The van der Waals surface area contributed by atoms with E-state index >= 15 is 0 Å². The molecule has 0 fully saturated rings. The molecule has 1 N–H and O–H groups in total. The van der Waals surface area contributed by atoms with E-state index < -0.39 is 28.5 Å². The predicted octanol–water partition coefficient (Wildman–Crippen LogP) is 2.76. The number of ether oxygens (including phenoxy) is 1. The molecule has 1 atom stereocenters. The van der Waals surface area contributed by atoms with E-state index in [9.17, 15) is 18.0 Å². The molecule has 1 amide bonds. The summed E-state index contributed by atoms with van der Waals surface area (Å²) in [5.74, 6) is -0.866. The van der Waals surface area contributed by atoms with Crippen molar-refractivity contribution in [2.24, 2.45) is 5.92 Å². The van der Waals surface area contributed by atoms with Gasteiger partial charge < -0.3 is 10.1 Å². The van der Waals surface area contributed by atoms with Crippen LogP contribution in [0, 0.1) is 5.92 Å². The molecular formula is C22H26N2O5S. The van der Waals surface area contributed by atoms with Gasteiger partial charge >= 0.3 is 5.97 Å². The standard InChI is InChI=1S/C22H26N2O5S/c1-15(2)13-23-21(25)14-29-22(26)18-8-6-9-19(12-18)30(27,28)24-16(3)11-17-7-4-5-10-20(17)24/h4-10,12,15-16H,11,13-14H2,1-3H3,(H,23,25)/t16-/m1/s1. The first-order valence-electron chi connectivity index (χ1n) is 9.86. The molecule has 7 nitrogen and oxygen atoms in total. The van der Waals surface area contributed by atoms with Crippen molar-refractivity contribution >= 4 is 27.6 Å². The van der Waals surface area contributed by atoms with Crippen LogP contribution in [0.2, 0.25) is 0 Å². The predicted molar refractivity (Wildman–Crippen MR) is 114 cm³/mol. The van der Waals surface area contributed by atoms with Crippen molar-refractivity contribution in [3.63, 3.8) is 0 Å². The topological polar surface area (TPSA) is 92.8 Å². The van der Waals surface area contributed by atoms with E-state index in [1.807, 2.05) is 32.9 Å². The maximum Gasteiger partial charge on any atom is 0.338 e. The maximum atomic E-state index is 13.3. The Balaban J connectivity index is 1.76. The highest BCUT2D eigenvalue weighted by Crippen LogP contribution is 2.36. The van der Waals surface area contributed by atoms with Crippen LogP contribution in [0.5, 0.6) is 0 Å². The van der Waals surface area contributed by atoms with Gasteiger partial charge in [0.1, 0.15) is 0 Å². The largest absolute Gasteiger partial charge is 0.452 e. The Morgan fingerprint density at radius 3 is 2.63 bits per heavy atom. The van der Waals surface area contributed by atoms with Crippen molar-refractivity contribution in [2.45, 2.75) is 38.1 Å². The molecule has 0 saturated heterocycles. The van der Waals surface area contributed by atoms with Gasteiger partial charge in [-0.25, -0.2) is 13.2 Å². The van der Waals surface area contributed by atoms with Crippen LogP contribution in [0.4, 0.5) is 5.69 Å². The minimum atomic E-state index is -3.86. The fourth-order valence-electron chi connectivity index (χ4n) is 3.38. The van der Waals surface area contributed by atoms with Gasteiger partial charge in [0.25, 0.3) is 15.9 Å². The van der Waals surface area contributed by atoms with E-state index in [0.29, 0.717) is 18.7 Å². The number of esters is 1.